The molecule has 0 aromatic rings. The van der Waals surface area contributed by atoms with Crippen molar-refractivity contribution in [2.45, 2.75) is 152 Å². The summed E-state index contributed by atoms with van der Waals surface area (Å²) in [6, 6.07) is 0. The number of hydrogen-bond acceptors (Lipinski definition) is 0. The van der Waals surface area contributed by atoms with Crippen LogP contribution in [-0.2, 0) is 0 Å². The normalized spacial score (nSPS) is 46.5. The molecular formula is C37H72. The Balaban J connectivity index is 3.33. The van der Waals surface area contributed by atoms with Crippen LogP contribution in [0.1, 0.15) is 152 Å². The summed E-state index contributed by atoms with van der Waals surface area (Å²) in [5.41, 5.74) is 1.25. The van der Waals surface area contributed by atoms with Crippen LogP contribution in [0.5, 0.6) is 0 Å². The van der Waals surface area contributed by atoms with Gasteiger partial charge >= 0.3 is 0 Å². The van der Waals surface area contributed by atoms with Gasteiger partial charge < -0.3 is 0 Å². The average molecular weight is 517 g/mol. The van der Waals surface area contributed by atoms with Gasteiger partial charge in [0.15, 0.2) is 0 Å². The first-order valence-electron chi connectivity index (χ1n) is 16.1. The second kappa shape index (κ2) is 9.00. The molecule has 1 spiro atoms. The Morgan fingerprint density at radius 2 is 0.973 bits per heavy atom. The van der Waals surface area contributed by atoms with E-state index in [9.17, 15) is 0 Å². The summed E-state index contributed by atoms with van der Waals surface area (Å²) in [5, 5.41) is 0. The molecule has 0 N–H and O–H groups in total. The lowest BCUT2D eigenvalue weighted by Gasteiger charge is -2.83. The van der Waals surface area contributed by atoms with Gasteiger partial charge in [-0.05, 0) is 91.2 Å². The molecule has 0 nitrogen and oxygen atoms in total. The molecule has 2 fully saturated rings. The van der Waals surface area contributed by atoms with Crippen LogP contribution in [0.25, 0.3) is 0 Å². The minimum Gasteiger partial charge on any atom is -0.0622 e. The molecule has 0 saturated heterocycles. The fourth-order valence-electron chi connectivity index (χ4n) is 12.9. The summed E-state index contributed by atoms with van der Waals surface area (Å²) in [5.74, 6) is 4.63. The summed E-state index contributed by atoms with van der Waals surface area (Å²) in [4.78, 5) is 0. The highest BCUT2D eigenvalue weighted by Crippen LogP contribution is 2.85. The maximum Gasteiger partial charge on any atom is -0.00972 e. The minimum atomic E-state index is 0.107. The van der Waals surface area contributed by atoms with Gasteiger partial charge in [0.25, 0.3) is 0 Å². The fourth-order valence-corrected chi connectivity index (χ4v) is 12.9. The third kappa shape index (κ3) is 3.50. The van der Waals surface area contributed by atoms with Crippen LogP contribution >= 0.6 is 0 Å². The number of hydrogen-bond donors (Lipinski definition) is 0. The Bertz CT molecular complexity index is 831. The molecule has 220 valence electrons. The van der Waals surface area contributed by atoms with E-state index in [-0.39, 0.29) is 43.3 Å². The van der Waals surface area contributed by atoms with Gasteiger partial charge in [0.1, 0.15) is 0 Å². The van der Waals surface area contributed by atoms with Crippen molar-refractivity contribution in [3.8, 4) is 0 Å². The number of rotatable bonds is 2. The minimum absolute atomic E-state index is 0.107. The van der Waals surface area contributed by atoms with Gasteiger partial charge in [-0.3, -0.25) is 0 Å². The van der Waals surface area contributed by atoms with Crippen LogP contribution in [0.3, 0.4) is 0 Å². The fraction of sp³-hybridized carbons (Fsp3) is 1.00. The smallest absolute Gasteiger partial charge is 0.00972 e. The summed E-state index contributed by atoms with van der Waals surface area (Å²) in [7, 11) is 0. The first-order valence-corrected chi connectivity index (χ1v) is 16.1. The van der Waals surface area contributed by atoms with Crippen molar-refractivity contribution in [1.82, 2.24) is 0 Å². The van der Waals surface area contributed by atoms with Crippen molar-refractivity contribution in [3.63, 3.8) is 0 Å². The van der Waals surface area contributed by atoms with Gasteiger partial charge in [-0.1, -0.05) is 145 Å². The SMILES string of the molecule is CC1C(C)C(C)C(C)(C)C2(C(C)CC(C)C(C)(C(C)(C)C(C)C)C2(C)C)C(C)(C(C)(C)C)C(C)(C)C1C. The molecule has 0 radical (unpaired) electrons. The lowest BCUT2D eigenvalue weighted by Crippen LogP contribution is -2.78. The van der Waals surface area contributed by atoms with Crippen LogP contribution in [-0.4, -0.2) is 0 Å². The van der Waals surface area contributed by atoms with Crippen LogP contribution in [0.4, 0.5) is 0 Å². The van der Waals surface area contributed by atoms with E-state index in [0.717, 1.165) is 0 Å². The van der Waals surface area contributed by atoms with Crippen LogP contribution in [0.15, 0.2) is 0 Å². The molecule has 2 aliphatic rings. The van der Waals surface area contributed by atoms with Gasteiger partial charge in [-0.2, -0.15) is 0 Å². The molecule has 0 heteroatoms. The highest BCUT2D eigenvalue weighted by Gasteiger charge is 2.80. The molecule has 0 aliphatic heterocycles. The van der Waals surface area contributed by atoms with E-state index in [2.05, 4.69) is 145 Å². The zero-order chi connectivity index (χ0) is 29.7. The van der Waals surface area contributed by atoms with Crippen molar-refractivity contribution in [2.24, 2.45) is 84.7 Å². The maximum absolute atomic E-state index is 2.79. The van der Waals surface area contributed by atoms with Crippen molar-refractivity contribution in [2.75, 3.05) is 0 Å². The van der Waals surface area contributed by atoms with Gasteiger partial charge in [0.05, 0.1) is 0 Å². The molecule has 0 aromatic carbocycles. The third-order valence-corrected chi connectivity index (χ3v) is 16.8. The second-order valence-electron chi connectivity index (χ2n) is 18.7. The molecule has 2 rings (SSSR count). The average Bonchev–Trinajstić information content (AvgIpc) is 2.73. The quantitative estimate of drug-likeness (QED) is 0.342. The monoisotopic (exact) mass is 517 g/mol. The Kier molecular flexibility index (Phi) is 8.08. The summed E-state index contributed by atoms with van der Waals surface area (Å²) in [6.45, 7) is 55.6. The van der Waals surface area contributed by atoms with Crippen molar-refractivity contribution >= 4 is 0 Å². The Morgan fingerprint density at radius 1 is 0.595 bits per heavy atom. The second-order valence-corrected chi connectivity index (χ2v) is 18.7. The predicted octanol–water partition coefficient (Wildman–Crippen LogP) is 12.0. The molecule has 0 amide bonds. The Labute approximate surface area is 236 Å². The molecule has 9 unspecified atom stereocenters. The van der Waals surface area contributed by atoms with Gasteiger partial charge in [-0.25, -0.2) is 0 Å². The highest BCUT2D eigenvalue weighted by atomic mass is 14.8. The molecule has 0 aromatic heterocycles. The molecule has 9 atom stereocenters. The van der Waals surface area contributed by atoms with Crippen molar-refractivity contribution < 1.29 is 0 Å². The summed E-state index contributed by atoms with van der Waals surface area (Å²) in [6.07, 6.45) is 1.33. The van der Waals surface area contributed by atoms with Crippen LogP contribution in [0.2, 0.25) is 0 Å². The third-order valence-electron chi connectivity index (χ3n) is 16.8. The molecule has 0 heterocycles. The lowest BCUT2D eigenvalue weighted by molar-refractivity contribution is -0.362. The van der Waals surface area contributed by atoms with Gasteiger partial charge in [0.2, 0.25) is 0 Å². The van der Waals surface area contributed by atoms with Gasteiger partial charge in [0, 0.05) is 0 Å². The van der Waals surface area contributed by atoms with Crippen molar-refractivity contribution in [1.29, 1.82) is 0 Å². The van der Waals surface area contributed by atoms with Crippen LogP contribution in [0, 0.1) is 84.7 Å². The summed E-state index contributed by atoms with van der Waals surface area (Å²) >= 11 is 0. The molecule has 2 aliphatic carbocycles. The van der Waals surface area contributed by atoms with Crippen LogP contribution < -0.4 is 0 Å². The summed E-state index contributed by atoms with van der Waals surface area (Å²) < 4.78 is 0. The van der Waals surface area contributed by atoms with Crippen molar-refractivity contribution in [3.05, 3.63) is 0 Å². The standard InChI is InChI=1S/C37H72/c1-23(2)31(12,13)35(20)24(3)22-25(4)37(34(35,18)19)33(16,17)29(8)27(6)26(5)28(7)32(14,15)36(37,21)30(9,10)11/h23-29H,22H2,1-21H3. The lowest BCUT2D eigenvalue weighted by atomic mass is 9.21. The molecule has 37 heavy (non-hydrogen) atoms. The molecule has 0 bridgehead atoms. The largest absolute Gasteiger partial charge is 0.0622 e. The van der Waals surface area contributed by atoms with E-state index in [1.165, 1.54) is 6.42 Å². The van der Waals surface area contributed by atoms with E-state index in [4.69, 9.17) is 0 Å². The highest BCUT2D eigenvalue weighted by molar-refractivity contribution is 5.27. The Morgan fingerprint density at radius 3 is 1.32 bits per heavy atom. The van der Waals surface area contributed by atoms with E-state index in [1.54, 1.807) is 0 Å². The zero-order valence-corrected chi connectivity index (χ0v) is 29.7. The first-order chi connectivity index (χ1) is 16.1. The zero-order valence-electron chi connectivity index (χ0n) is 29.7. The maximum atomic E-state index is 2.79. The van der Waals surface area contributed by atoms with E-state index in [1.807, 2.05) is 0 Å². The van der Waals surface area contributed by atoms with E-state index >= 15 is 0 Å². The first kappa shape index (κ1) is 33.2. The van der Waals surface area contributed by atoms with E-state index in [0.29, 0.717) is 41.4 Å². The topological polar surface area (TPSA) is 0 Å². The predicted molar refractivity (Wildman–Crippen MR) is 168 cm³/mol. The van der Waals surface area contributed by atoms with E-state index < -0.39 is 0 Å². The Hall–Kier alpha value is 0. The molecular weight excluding hydrogens is 444 g/mol. The van der Waals surface area contributed by atoms with Gasteiger partial charge in [-0.15, -0.1) is 0 Å². The molecule has 2 saturated carbocycles.